The number of alkyl halides is 3. The zero-order valence-electron chi connectivity index (χ0n) is 12.1. The summed E-state index contributed by atoms with van der Waals surface area (Å²) in [6.45, 7) is 5.43. The molecule has 0 atom stereocenters. The fraction of sp³-hybridized carbons (Fsp3) is 0.600. The average molecular weight is 290 g/mol. The molecule has 0 spiro atoms. The van der Waals surface area contributed by atoms with Crippen molar-refractivity contribution in [3.63, 3.8) is 0 Å². The Morgan fingerprint density at radius 3 is 2.25 bits per heavy atom. The van der Waals surface area contributed by atoms with Crippen LogP contribution in [0.2, 0.25) is 0 Å². The Hall–Kier alpha value is -1.23. The molecular formula is C15H21F3O2. The van der Waals surface area contributed by atoms with Crippen LogP contribution in [0, 0.1) is 0 Å². The van der Waals surface area contributed by atoms with E-state index in [0.717, 1.165) is 11.3 Å². The molecule has 0 unspecified atom stereocenters. The Labute approximate surface area is 117 Å². The fourth-order valence-corrected chi connectivity index (χ4v) is 1.74. The highest BCUT2D eigenvalue weighted by molar-refractivity contribution is 5.38. The number of hydrogen-bond donors (Lipinski definition) is 0. The van der Waals surface area contributed by atoms with Gasteiger partial charge in [-0.3, -0.25) is 0 Å². The van der Waals surface area contributed by atoms with Crippen LogP contribution in [-0.2, 0) is 10.2 Å². The van der Waals surface area contributed by atoms with Crippen LogP contribution >= 0.6 is 0 Å². The summed E-state index contributed by atoms with van der Waals surface area (Å²) in [6.07, 6.45) is -3.84. The Morgan fingerprint density at radius 2 is 1.65 bits per heavy atom. The van der Waals surface area contributed by atoms with Gasteiger partial charge in [0.2, 0.25) is 0 Å². The lowest BCUT2D eigenvalue weighted by molar-refractivity contribution is -0.174. The molecule has 1 aromatic carbocycles. The highest BCUT2D eigenvalue weighted by Crippen LogP contribution is 2.30. The molecule has 0 bridgehead atoms. The van der Waals surface area contributed by atoms with Crippen molar-refractivity contribution in [2.24, 2.45) is 0 Å². The summed E-state index contributed by atoms with van der Waals surface area (Å²) in [6, 6.07) is 7.69. The van der Waals surface area contributed by atoms with Gasteiger partial charge in [0.15, 0.2) is 0 Å². The molecule has 0 amide bonds. The average Bonchev–Trinajstić information content (AvgIpc) is 2.31. The molecular weight excluding hydrogens is 269 g/mol. The van der Waals surface area contributed by atoms with Crippen LogP contribution in [0.3, 0.4) is 0 Å². The monoisotopic (exact) mass is 290 g/mol. The summed E-state index contributed by atoms with van der Waals surface area (Å²) in [4.78, 5) is 0. The largest absolute Gasteiger partial charge is 0.493 e. The number of benzene rings is 1. The number of rotatable bonds is 6. The van der Waals surface area contributed by atoms with Gasteiger partial charge in [-0.15, -0.1) is 0 Å². The number of halogens is 3. The highest BCUT2D eigenvalue weighted by Gasteiger charge is 2.27. The number of ether oxygens (including phenoxy) is 2. The first-order chi connectivity index (χ1) is 9.20. The minimum absolute atomic E-state index is 0.0383. The summed E-state index contributed by atoms with van der Waals surface area (Å²) in [7, 11) is 0. The molecule has 1 aromatic rings. The molecule has 5 heteroatoms. The maximum Gasteiger partial charge on any atom is 0.411 e. The van der Waals surface area contributed by atoms with E-state index in [9.17, 15) is 13.2 Å². The van der Waals surface area contributed by atoms with E-state index >= 15 is 0 Å². The first-order valence-electron chi connectivity index (χ1n) is 6.57. The molecule has 0 aliphatic rings. The lowest BCUT2D eigenvalue weighted by Crippen LogP contribution is -2.18. The van der Waals surface area contributed by atoms with E-state index in [0.29, 0.717) is 13.0 Å². The zero-order chi connectivity index (χ0) is 15.2. The second-order valence-corrected chi connectivity index (χ2v) is 5.62. The Balaban J connectivity index is 2.36. The van der Waals surface area contributed by atoms with E-state index in [1.165, 1.54) is 0 Å². The second kappa shape index (κ2) is 6.97. The van der Waals surface area contributed by atoms with Crippen molar-refractivity contribution in [1.82, 2.24) is 0 Å². The Kier molecular flexibility index (Phi) is 5.87. The Bertz CT molecular complexity index is 408. The maximum absolute atomic E-state index is 11.9. The number of hydrogen-bond acceptors (Lipinski definition) is 2. The predicted molar refractivity (Wildman–Crippen MR) is 72.1 cm³/mol. The van der Waals surface area contributed by atoms with Crippen LogP contribution in [0.15, 0.2) is 24.3 Å². The van der Waals surface area contributed by atoms with Crippen molar-refractivity contribution in [3.05, 3.63) is 29.8 Å². The molecule has 0 aliphatic carbocycles. The van der Waals surface area contributed by atoms with Crippen molar-refractivity contribution >= 4 is 0 Å². The third kappa shape index (κ3) is 6.28. The standard InChI is InChI=1S/C15H21F3O2/c1-14(2,3)12-7-4-5-8-13(12)20-10-6-9-19-11-15(16,17)18/h4-5,7-8H,6,9-11H2,1-3H3. The van der Waals surface area contributed by atoms with Gasteiger partial charge < -0.3 is 9.47 Å². The van der Waals surface area contributed by atoms with Gasteiger partial charge in [0, 0.05) is 6.42 Å². The van der Waals surface area contributed by atoms with Gasteiger partial charge in [0.05, 0.1) is 13.2 Å². The van der Waals surface area contributed by atoms with Gasteiger partial charge in [-0.25, -0.2) is 0 Å². The molecule has 0 heterocycles. The maximum atomic E-state index is 11.9. The second-order valence-electron chi connectivity index (χ2n) is 5.62. The van der Waals surface area contributed by atoms with Crippen molar-refractivity contribution in [2.45, 2.75) is 38.8 Å². The third-order valence-corrected chi connectivity index (χ3v) is 2.65. The van der Waals surface area contributed by atoms with Crippen molar-refractivity contribution in [2.75, 3.05) is 19.8 Å². The summed E-state index contributed by atoms with van der Waals surface area (Å²) < 4.78 is 45.7. The highest BCUT2D eigenvalue weighted by atomic mass is 19.4. The summed E-state index contributed by atoms with van der Waals surface area (Å²) in [5, 5.41) is 0. The summed E-state index contributed by atoms with van der Waals surface area (Å²) >= 11 is 0. The van der Waals surface area contributed by atoms with E-state index in [2.05, 4.69) is 25.5 Å². The summed E-state index contributed by atoms with van der Waals surface area (Å²) in [5.74, 6) is 0.774. The minimum Gasteiger partial charge on any atom is -0.493 e. The van der Waals surface area contributed by atoms with Crippen molar-refractivity contribution in [3.8, 4) is 5.75 Å². The van der Waals surface area contributed by atoms with E-state index < -0.39 is 12.8 Å². The topological polar surface area (TPSA) is 18.5 Å². The first kappa shape index (κ1) is 16.8. The van der Waals surface area contributed by atoms with Crippen LogP contribution in [-0.4, -0.2) is 26.0 Å². The molecule has 0 N–H and O–H groups in total. The molecule has 0 saturated heterocycles. The minimum atomic E-state index is -4.26. The lowest BCUT2D eigenvalue weighted by atomic mass is 9.86. The molecule has 114 valence electrons. The molecule has 0 fully saturated rings. The van der Waals surface area contributed by atoms with Gasteiger partial charge in [0.1, 0.15) is 12.4 Å². The van der Waals surface area contributed by atoms with Gasteiger partial charge in [-0.2, -0.15) is 13.2 Å². The predicted octanol–water partition coefficient (Wildman–Crippen LogP) is 4.33. The van der Waals surface area contributed by atoms with Crippen LogP contribution in [0.1, 0.15) is 32.8 Å². The summed E-state index contributed by atoms with van der Waals surface area (Å²) in [5.41, 5.74) is 1.04. The molecule has 0 aromatic heterocycles. The molecule has 0 aliphatic heterocycles. The SMILES string of the molecule is CC(C)(C)c1ccccc1OCCCOCC(F)(F)F. The van der Waals surface area contributed by atoms with Gasteiger partial charge in [-0.1, -0.05) is 39.0 Å². The first-order valence-corrected chi connectivity index (χ1v) is 6.57. The third-order valence-electron chi connectivity index (χ3n) is 2.65. The van der Waals surface area contributed by atoms with Crippen LogP contribution in [0.25, 0.3) is 0 Å². The zero-order valence-corrected chi connectivity index (χ0v) is 12.1. The quantitative estimate of drug-likeness (QED) is 0.726. The smallest absolute Gasteiger partial charge is 0.411 e. The molecule has 0 radical (unpaired) electrons. The van der Waals surface area contributed by atoms with Crippen LogP contribution < -0.4 is 4.74 Å². The fourth-order valence-electron chi connectivity index (χ4n) is 1.74. The number of para-hydroxylation sites is 1. The van der Waals surface area contributed by atoms with E-state index in [1.807, 2.05) is 24.3 Å². The molecule has 0 saturated carbocycles. The molecule has 2 nitrogen and oxygen atoms in total. The molecule has 1 rings (SSSR count). The van der Waals surface area contributed by atoms with Gasteiger partial charge in [0.25, 0.3) is 0 Å². The van der Waals surface area contributed by atoms with Gasteiger partial charge in [-0.05, 0) is 17.0 Å². The normalized spacial score (nSPS) is 12.5. The van der Waals surface area contributed by atoms with Crippen LogP contribution in [0.5, 0.6) is 5.75 Å². The van der Waals surface area contributed by atoms with Crippen molar-refractivity contribution in [1.29, 1.82) is 0 Å². The molecule has 20 heavy (non-hydrogen) atoms. The van der Waals surface area contributed by atoms with Gasteiger partial charge >= 0.3 is 6.18 Å². The van der Waals surface area contributed by atoms with Crippen LogP contribution in [0.4, 0.5) is 13.2 Å². The lowest BCUT2D eigenvalue weighted by Gasteiger charge is -2.22. The Morgan fingerprint density at radius 1 is 1.00 bits per heavy atom. The van der Waals surface area contributed by atoms with E-state index in [1.54, 1.807) is 0 Å². The van der Waals surface area contributed by atoms with Crippen molar-refractivity contribution < 1.29 is 22.6 Å². The van der Waals surface area contributed by atoms with E-state index in [-0.39, 0.29) is 12.0 Å². The van der Waals surface area contributed by atoms with E-state index in [4.69, 9.17) is 4.74 Å².